The summed E-state index contributed by atoms with van der Waals surface area (Å²) in [7, 11) is 0. The SMILES string of the molecule is O=C(O)[C@H]1N=C(c2ccccc2)C[C@@H]1c1ccccc1F. The predicted molar refractivity (Wildman–Crippen MR) is 78.2 cm³/mol. The number of carboxylic acids is 1. The van der Waals surface area contributed by atoms with Crippen LogP contribution in [0.15, 0.2) is 59.6 Å². The Kier molecular flexibility index (Phi) is 3.52. The van der Waals surface area contributed by atoms with Crippen molar-refractivity contribution in [2.45, 2.75) is 18.4 Å². The number of rotatable bonds is 3. The number of aliphatic carboxylic acids is 1. The molecule has 0 radical (unpaired) electrons. The minimum atomic E-state index is -1.02. The fraction of sp³-hybridized carbons (Fsp3) is 0.176. The molecule has 0 saturated carbocycles. The van der Waals surface area contributed by atoms with Gasteiger partial charge in [0.25, 0.3) is 0 Å². The second-order valence-corrected chi connectivity index (χ2v) is 5.06. The summed E-state index contributed by atoms with van der Waals surface area (Å²) in [5.74, 6) is -1.86. The van der Waals surface area contributed by atoms with Gasteiger partial charge in [0, 0.05) is 11.6 Å². The monoisotopic (exact) mass is 283 g/mol. The zero-order valence-corrected chi connectivity index (χ0v) is 11.2. The van der Waals surface area contributed by atoms with E-state index < -0.39 is 17.9 Å². The molecule has 0 amide bonds. The molecule has 0 saturated heterocycles. The van der Waals surface area contributed by atoms with E-state index in [2.05, 4.69) is 4.99 Å². The van der Waals surface area contributed by atoms with Crippen LogP contribution in [0.5, 0.6) is 0 Å². The van der Waals surface area contributed by atoms with Crippen molar-refractivity contribution in [2.24, 2.45) is 4.99 Å². The van der Waals surface area contributed by atoms with Crippen molar-refractivity contribution in [1.29, 1.82) is 0 Å². The number of nitrogens with zero attached hydrogens (tertiary/aromatic N) is 1. The van der Waals surface area contributed by atoms with Crippen molar-refractivity contribution in [2.75, 3.05) is 0 Å². The molecule has 106 valence electrons. The van der Waals surface area contributed by atoms with E-state index in [4.69, 9.17) is 0 Å². The lowest BCUT2D eigenvalue weighted by Gasteiger charge is -2.15. The van der Waals surface area contributed by atoms with E-state index in [1.807, 2.05) is 30.3 Å². The molecular formula is C17H14FNO2. The Morgan fingerprint density at radius 2 is 1.76 bits per heavy atom. The first-order chi connectivity index (χ1) is 10.2. The zero-order chi connectivity index (χ0) is 14.8. The molecule has 2 aromatic rings. The van der Waals surface area contributed by atoms with Gasteiger partial charge in [-0.25, -0.2) is 9.18 Å². The smallest absolute Gasteiger partial charge is 0.329 e. The molecule has 1 aliphatic rings. The molecule has 2 atom stereocenters. The van der Waals surface area contributed by atoms with Gasteiger partial charge < -0.3 is 5.11 Å². The maximum absolute atomic E-state index is 14.0. The van der Waals surface area contributed by atoms with Crippen LogP contribution in [0, 0.1) is 5.82 Å². The third-order valence-electron chi connectivity index (χ3n) is 3.75. The number of benzene rings is 2. The van der Waals surface area contributed by atoms with E-state index in [9.17, 15) is 14.3 Å². The quantitative estimate of drug-likeness (QED) is 0.940. The van der Waals surface area contributed by atoms with Gasteiger partial charge in [0.15, 0.2) is 6.04 Å². The van der Waals surface area contributed by atoms with Crippen molar-refractivity contribution in [3.8, 4) is 0 Å². The normalized spacial score (nSPS) is 21.1. The maximum atomic E-state index is 14.0. The second kappa shape index (κ2) is 5.48. The molecule has 0 bridgehead atoms. The molecule has 3 rings (SSSR count). The highest BCUT2D eigenvalue weighted by Crippen LogP contribution is 2.35. The number of aliphatic imine (C=N–C) groups is 1. The van der Waals surface area contributed by atoms with Gasteiger partial charge in [-0.2, -0.15) is 0 Å². The summed E-state index contributed by atoms with van der Waals surface area (Å²) in [5.41, 5.74) is 2.03. The summed E-state index contributed by atoms with van der Waals surface area (Å²) < 4.78 is 14.0. The molecule has 0 aromatic heterocycles. The first-order valence-electron chi connectivity index (χ1n) is 6.76. The van der Waals surface area contributed by atoms with Crippen LogP contribution in [0.1, 0.15) is 23.5 Å². The summed E-state index contributed by atoms with van der Waals surface area (Å²) in [6, 6.07) is 14.8. The minimum Gasteiger partial charge on any atom is -0.480 e. The highest BCUT2D eigenvalue weighted by Gasteiger charge is 2.37. The Balaban J connectivity index is 1.98. The van der Waals surface area contributed by atoms with E-state index in [1.54, 1.807) is 18.2 Å². The van der Waals surface area contributed by atoms with Crippen molar-refractivity contribution in [1.82, 2.24) is 0 Å². The topological polar surface area (TPSA) is 49.7 Å². The molecule has 2 aromatic carbocycles. The van der Waals surface area contributed by atoms with E-state index in [1.165, 1.54) is 6.07 Å². The minimum absolute atomic E-state index is 0.377. The lowest BCUT2D eigenvalue weighted by Crippen LogP contribution is -2.23. The van der Waals surface area contributed by atoms with Crippen LogP contribution in [-0.2, 0) is 4.79 Å². The largest absolute Gasteiger partial charge is 0.480 e. The van der Waals surface area contributed by atoms with Crippen LogP contribution in [0.4, 0.5) is 4.39 Å². The van der Waals surface area contributed by atoms with Gasteiger partial charge in [-0.3, -0.25) is 4.99 Å². The van der Waals surface area contributed by atoms with Crippen LogP contribution in [0.2, 0.25) is 0 Å². The van der Waals surface area contributed by atoms with Crippen molar-refractivity contribution in [3.05, 3.63) is 71.5 Å². The van der Waals surface area contributed by atoms with Crippen LogP contribution >= 0.6 is 0 Å². The molecule has 4 heteroatoms. The summed E-state index contributed by atoms with van der Waals surface area (Å²) in [4.78, 5) is 15.8. The Bertz CT molecular complexity index is 697. The third kappa shape index (κ3) is 2.57. The maximum Gasteiger partial charge on any atom is 0.329 e. The van der Waals surface area contributed by atoms with Crippen LogP contribution in [0.25, 0.3) is 0 Å². The van der Waals surface area contributed by atoms with Crippen LogP contribution in [-0.4, -0.2) is 22.8 Å². The van der Waals surface area contributed by atoms with Crippen molar-refractivity contribution >= 4 is 11.7 Å². The van der Waals surface area contributed by atoms with Gasteiger partial charge in [-0.05, 0) is 23.6 Å². The standard InChI is InChI=1S/C17H14FNO2/c18-14-9-5-4-8-12(14)13-10-15(19-16(13)17(20)21)11-6-2-1-3-7-11/h1-9,13,16H,10H2,(H,20,21)/t13-,16+/m1/s1. The Morgan fingerprint density at radius 1 is 1.10 bits per heavy atom. The average Bonchev–Trinajstić information content (AvgIpc) is 2.94. The number of hydrogen-bond donors (Lipinski definition) is 1. The number of carboxylic acid groups (broad SMARTS) is 1. The molecular weight excluding hydrogens is 269 g/mol. The lowest BCUT2D eigenvalue weighted by molar-refractivity contribution is -0.138. The Labute approximate surface area is 121 Å². The van der Waals surface area contributed by atoms with E-state index in [0.29, 0.717) is 12.0 Å². The average molecular weight is 283 g/mol. The third-order valence-corrected chi connectivity index (χ3v) is 3.75. The van der Waals surface area contributed by atoms with Gasteiger partial charge in [0.2, 0.25) is 0 Å². The molecule has 1 heterocycles. The Morgan fingerprint density at radius 3 is 2.43 bits per heavy atom. The van der Waals surface area contributed by atoms with Gasteiger partial charge >= 0.3 is 5.97 Å². The van der Waals surface area contributed by atoms with Crippen molar-refractivity contribution in [3.63, 3.8) is 0 Å². The van der Waals surface area contributed by atoms with Crippen molar-refractivity contribution < 1.29 is 14.3 Å². The fourth-order valence-electron chi connectivity index (χ4n) is 2.74. The molecule has 0 aliphatic carbocycles. The first kappa shape index (κ1) is 13.5. The molecule has 1 N–H and O–H groups in total. The summed E-state index contributed by atoms with van der Waals surface area (Å²) >= 11 is 0. The van der Waals surface area contributed by atoms with E-state index >= 15 is 0 Å². The molecule has 0 spiro atoms. The second-order valence-electron chi connectivity index (χ2n) is 5.06. The first-order valence-corrected chi connectivity index (χ1v) is 6.76. The van der Waals surface area contributed by atoms with Gasteiger partial charge in [0.05, 0.1) is 0 Å². The fourth-order valence-corrected chi connectivity index (χ4v) is 2.74. The molecule has 0 fully saturated rings. The molecule has 21 heavy (non-hydrogen) atoms. The highest BCUT2D eigenvalue weighted by atomic mass is 19.1. The van der Waals surface area contributed by atoms with Gasteiger partial charge in [-0.15, -0.1) is 0 Å². The van der Waals surface area contributed by atoms with E-state index in [-0.39, 0.29) is 5.82 Å². The summed E-state index contributed by atoms with van der Waals surface area (Å²) in [6.07, 6.45) is 0.432. The molecule has 1 aliphatic heterocycles. The zero-order valence-electron chi connectivity index (χ0n) is 11.2. The lowest BCUT2D eigenvalue weighted by atomic mass is 9.88. The molecule has 3 nitrogen and oxygen atoms in total. The number of hydrogen-bond acceptors (Lipinski definition) is 2. The van der Waals surface area contributed by atoms with Gasteiger partial charge in [-0.1, -0.05) is 48.5 Å². The Hall–Kier alpha value is -2.49. The highest BCUT2D eigenvalue weighted by molar-refractivity contribution is 6.04. The summed E-state index contributed by atoms with van der Waals surface area (Å²) in [5, 5.41) is 9.37. The number of carbonyl (C=O) groups is 1. The van der Waals surface area contributed by atoms with Gasteiger partial charge in [0.1, 0.15) is 5.82 Å². The summed E-state index contributed by atoms with van der Waals surface area (Å²) in [6.45, 7) is 0. The van der Waals surface area contributed by atoms with E-state index in [0.717, 1.165) is 11.3 Å². The van der Waals surface area contributed by atoms with Crippen LogP contribution < -0.4 is 0 Å². The van der Waals surface area contributed by atoms with Crippen LogP contribution in [0.3, 0.4) is 0 Å². The molecule has 0 unspecified atom stereocenters. The predicted octanol–water partition coefficient (Wildman–Crippen LogP) is 3.26. The number of halogens is 1.